The van der Waals surface area contributed by atoms with Gasteiger partial charge in [0.05, 0.1) is 0 Å². The van der Waals surface area contributed by atoms with Crippen LogP contribution in [0.3, 0.4) is 0 Å². The molecule has 1 rings (SSSR count). The number of carbonyl (C=O) groups is 1. The molecule has 1 atom stereocenters. The SMILES string of the molecule is COC(C(=O)OC(C)(C)C)c1ccc(S(F)(F)(F)(F)F)cc1. The monoisotopic (exact) mass is 348 g/mol. The van der Waals surface area contributed by atoms with E-state index in [0.717, 1.165) is 19.2 Å². The Hall–Kier alpha value is -1.35. The summed E-state index contributed by atoms with van der Waals surface area (Å²) in [6.07, 6.45) is -1.30. The lowest BCUT2D eigenvalue weighted by molar-refractivity contribution is -0.167. The number of ether oxygens (including phenoxy) is 2. The first-order valence-electron chi connectivity index (χ1n) is 6.13. The first-order chi connectivity index (χ1) is 9.53. The van der Waals surface area contributed by atoms with E-state index in [1.807, 2.05) is 0 Å². The van der Waals surface area contributed by atoms with Crippen LogP contribution in [0.25, 0.3) is 0 Å². The lowest BCUT2D eigenvalue weighted by atomic mass is 10.1. The second kappa shape index (κ2) is 4.82. The smallest absolute Gasteiger partial charge is 0.340 e. The highest BCUT2D eigenvalue weighted by molar-refractivity contribution is 8.45. The normalized spacial score (nSPS) is 17.3. The van der Waals surface area contributed by atoms with E-state index in [1.54, 1.807) is 20.8 Å². The van der Waals surface area contributed by atoms with Gasteiger partial charge in [0.25, 0.3) is 0 Å². The van der Waals surface area contributed by atoms with Gasteiger partial charge < -0.3 is 9.47 Å². The molecule has 3 nitrogen and oxygen atoms in total. The van der Waals surface area contributed by atoms with Gasteiger partial charge in [-0.25, -0.2) is 4.79 Å². The van der Waals surface area contributed by atoms with Gasteiger partial charge in [0.2, 0.25) is 0 Å². The topological polar surface area (TPSA) is 35.5 Å². The first-order valence-corrected chi connectivity index (χ1v) is 8.08. The second-order valence-corrected chi connectivity index (χ2v) is 8.10. The third-order valence-corrected chi connectivity index (χ3v) is 3.65. The van der Waals surface area contributed by atoms with Gasteiger partial charge in [0.1, 0.15) is 10.5 Å². The zero-order valence-corrected chi connectivity index (χ0v) is 13.2. The molecule has 22 heavy (non-hydrogen) atoms. The van der Waals surface area contributed by atoms with E-state index in [1.165, 1.54) is 0 Å². The highest BCUT2D eigenvalue weighted by atomic mass is 32.5. The van der Waals surface area contributed by atoms with Crippen molar-refractivity contribution in [1.29, 1.82) is 0 Å². The Balaban J connectivity index is 3.11. The Labute approximate surface area is 125 Å². The van der Waals surface area contributed by atoms with Crippen LogP contribution in [0.5, 0.6) is 0 Å². The van der Waals surface area contributed by atoms with Crippen molar-refractivity contribution in [2.45, 2.75) is 37.4 Å². The van der Waals surface area contributed by atoms with Crippen LogP contribution in [0.4, 0.5) is 19.4 Å². The summed E-state index contributed by atoms with van der Waals surface area (Å²) < 4.78 is 73.0. The van der Waals surface area contributed by atoms with Crippen LogP contribution in [0.15, 0.2) is 29.2 Å². The fourth-order valence-electron chi connectivity index (χ4n) is 1.62. The van der Waals surface area contributed by atoms with E-state index in [2.05, 4.69) is 0 Å². The molecule has 0 aliphatic carbocycles. The lowest BCUT2D eigenvalue weighted by Crippen LogP contribution is -2.28. The van der Waals surface area contributed by atoms with Crippen molar-refractivity contribution in [2.75, 3.05) is 7.11 Å². The molecule has 0 saturated carbocycles. The summed E-state index contributed by atoms with van der Waals surface area (Å²) in [7, 11) is -8.57. The van der Waals surface area contributed by atoms with Gasteiger partial charge in [0, 0.05) is 7.11 Å². The molecule has 0 bridgehead atoms. The van der Waals surface area contributed by atoms with Crippen molar-refractivity contribution < 1.29 is 33.7 Å². The number of hydrogen-bond acceptors (Lipinski definition) is 3. The molecule has 0 heterocycles. The van der Waals surface area contributed by atoms with Gasteiger partial charge in [-0.3, -0.25) is 0 Å². The van der Waals surface area contributed by atoms with Gasteiger partial charge in [-0.2, -0.15) is 0 Å². The number of esters is 1. The fourth-order valence-corrected chi connectivity index (χ4v) is 2.27. The van der Waals surface area contributed by atoms with Crippen LogP contribution in [-0.2, 0) is 14.3 Å². The van der Waals surface area contributed by atoms with E-state index < -0.39 is 32.8 Å². The standard InChI is InChI=1S/C13H17F5O3S/c1-13(2,3)21-12(19)11(20-4)9-5-7-10(8-6-9)22(14,15,16,17)18/h5-8,11H,1-4H3. The molecule has 0 radical (unpaired) electrons. The van der Waals surface area contributed by atoms with Gasteiger partial charge in [-0.1, -0.05) is 31.6 Å². The molecule has 0 aliphatic heterocycles. The van der Waals surface area contributed by atoms with Gasteiger partial charge in [-0.05, 0) is 38.5 Å². The van der Waals surface area contributed by atoms with Crippen molar-refractivity contribution in [3.63, 3.8) is 0 Å². The summed E-state index contributed by atoms with van der Waals surface area (Å²) in [5.41, 5.74) is -0.833. The van der Waals surface area contributed by atoms with Crippen LogP contribution in [0.2, 0.25) is 0 Å². The second-order valence-electron chi connectivity index (χ2n) is 5.69. The largest absolute Gasteiger partial charge is 0.458 e. The highest BCUT2D eigenvalue weighted by Gasteiger charge is 2.65. The third kappa shape index (κ3) is 5.13. The summed E-state index contributed by atoms with van der Waals surface area (Å²) in [6.45, 7) is 4.82. The molecule has 0 aromatic heterocycles. The van der Waals surface area contributed by atoms with Crippen LogP contribution in [0, 0.1) is 0 Å². The Bertz CT molecular complexity index is 560. The zero-order chi connectivity index (χ0) is 17.5. The molecule has 1 aromatic carbocycles. The molecule has 0 aliphatic rings. The Morgan fingerprint density at radius 3 is 1.82 bits per heavy atom. The van der Waals surface area contributed by atoms with Crippen LogP contribution in [-0.4, -0.2) is 18.7 Å². The van der Waals surface area contributed by atoms with Crippen molar-refractivity contribution in [3.05, 3.63) is 29.8 Å². The predicted molar refractivity (Wildman–Crippen MR) is 73.4 cm³/mol. The quantitative estimate of drug-likeness (QED) is 0.542. The average Bonchev–Trinajstić information content (AvgIpc) is 2.25. The maximum absolute atomic E-state index is 12.6. The fraction of sp³-hybridized carbons (Fsp3) is 0.462. The van der Waals surface area contributed by atoms with Crippen molar-refractivity contribution >= 4 is 16.2 Å². The summed E-state index contributed by atoms with van der Waals surface area (Å²) in [5.74, 6) is -0.824. The Morgan fingerprint density at radius 2 is 1.50 bits per heavy atom. The molecule has 0 amide bonds. The summed E-state index contributed by atoms with van der Waals surface area (Å²) in [6, 6.07) is 2.00. The maximum Gasteiger partial charge on any atom is 0.340 e. The zero-order valence-electron chi connectivity index (χ0n) is 12.4. The maximum atomic E-state index is 12.6. The van der Waals surface area contributed by atoms with Gasteiger partial charge in [0.15, 0.2) is 6.10 Å². The minimum Gasteiger partial charge on any atom is -0.458 e. The number of rotatable bonds is 4. The van der Waals surface area contributed by atoms with E-state index in [4.69, 9.17) is 9.47 Å². The number of methoxy groups -OCH3 is 1. The van der Waals surface area contributed by atoms with E-state index in [0.29, 0.717) is 0 Å². The van der Waals surface area contributed by atoms with Crippen molar-refractivity contribution in [3.8, 4) is 0 Å². The first kappa shape index (κ1) is 18.7. The lowest BCUT2D eigenvalue weighted by Gasteiger charge is -2.40. The Morgan fingerprint density at radius 1 is 1.05 bits per heavy atom. The van der Waals surface area contributed by atoms with E-state index in [9.17, 15) is 24.2 Å². The van der Waals surface area contributed by atoms with E-state index in [-0.39, 0.29) is 17.7 Å². The molecule has 0 saturated heterocycles. The molecule has 1 aromatic rings. The van der Waals surface area contributed by atoms with Gasteiger partial charge >= 0.3 is 16.2 Å². The molecule has 0 N–H and O–H groups in total. The van der Waals surface area contributed by atoms with Crippen molar-refractivity contribution in [2.24, 2.45) is 0 Å². The number of benzene rings is 1. The van der Waals surface area contributed by atoms with E-state index >= 15 is 0 Å². The highest BCUT2D eigenvalue weighted by Crippen LogP contribution is 3.02. The molecular weight excluding hydrogens is 331 g/mol. The molecule has 0 spiro atoms. The number of hydrogen-bond donors (Lipinski definition) is 0. The van der Waals surface area contributed by atoms with Crippen LogP contribution in [0.1, 0.15) is 32.4 Å². The number of carbonyl (C=O) groups excluding carboxylic acids is 1. The average molecular weight is 348 g/mol. The number of halogens is 5. The molecule has 128 valence electrons. The minimum absolute atomic E-state index is 0.0117. The predicted octanol–water partition coefficient (Wildman–Crippen LogP) is 5.37. The third-order valence-electron chi connectivity index (χ3n) is 2.48. The summed E-state index contributed by atoms with van der Waals surface area (Å²) in [5, 5.41) is 0. The summed E-state index contributed by atoms with van der Waals surface area (Å²) in [4.78, 5) is 9.86. The molecule has 0 fully saturated rings. The van der Waals surface area contributed by atoms with Crippen molar-refractivity contribution in [1.82, 2.24) is 0 Å². The van der Waals surface area contributed by atoms with Crippen LogP contribution >= 0.6 is 10.2 Å². The molecular formula is C13H17F5O3S. The molecule has 9 heteroatoms. The minimum atomic E-state index is -9.73. The van der Waals surface area contributed by atoms with Crippen LogP contribution < -0.4 is 0 Å². The molecule has 1 unspecified atom stereocenters. The Kier molecular flexibility index (Phi) is 4.10. The summed E-state index contributed by atoms with van der Waals surface area (Å²) >= 11 is 0. The van der Waals surface area contributed by atoms with Gasteiger partial charge in [-0.15, -0.1) is 0 Å².